The Hall–Kier alpha value is -3.73. The van der Waals surface area contributed by atoms with Crippen molar-refractivity contribution in [2.24, 2.45) is 29.4 Å². The molecule has 3 aliphatic rings. The predicted molar refractivity (Wildman–Crippen MR) is 133 cm³/mol. The van der Waals surface area contributed by atoms with Crippen molar-refractivity contribution in [2.75, 3.05) is 14.1 Å². The minimum absolute atomic E-state index is 0.123. The van der Waals surface area contributed by atoms with Gasteiger partial charge in [0.2, 0.25) is 5.91 Å². The molecule has 198 valence electrons. The Bertz CT molecular complexity index is 1420. The van der Waals surface area contributed by atoms with E-state index >= 15 is 0 Å². The first-order valence-corrected chi connectivity index (χ1v) is 12.2. The summed E-state index contributed by atoms with van der Waals surface area (Å²) in [5, 5.41) is 34.5. The van der Waals surface area contributed by atoms with Crippen LogP contribution in [0.25, 0.3) is 11.1 Å². The van der Waals surface area contributed by atoms with Crippen molar-refractivity contribution in [3.8, 4) is 16.9 Å². The van der Waals surface area contributed by atoms with Crippen molar-refractivity contribution in [3.63, 3.8) is 0 Å². The van der Waals surface area contributed by atoms with Crippen LogP contribution in [0.4, 0.5) is 0 Å². The molecule has 2 saturated carbocycles. The van der Waals surface area contributed by atoms with Gasteiger partial charge in [0.05, 0.1) is 23.1 Å². The molecule has 0 spiro atoms. The smallest absolute Gasteiger partial charge is 0.235 e. The molecule has 2 fully saturated rings. The first kappa shape index (κ1) is 25.9. The topological polar surface area (TPSA) is 175 Å². The number of nitrogens with zero attached hydrogens (tertiary/aromatic N) is 1. The molecule has 5 N–H and O–H groups in total. The second-order valence-corrected chi connectivity index (χ2v) is 10.8. The summed E-state index contributed by atoms with van der Waals surface area (Å²) in [5.41, 5.74) is 1.56. The Morgan fingerprint density at radius 1 is 0.974 bits per heavy atom. The van der Waals surface area contributed by atoms with E-state index in [4.69, 9.17) is 5.73 Å². The fraction of sp³-hybridized carbons (Fsp3) is 0.393. The zero-order valence-corrected chi connectivity index (χ0v) is 21.0. The molecule has 1 amide bonds. The van der Waals surface area contributed by atoms with Gasteiger partial charge in [-0.1, -0.05) is 36.4 Å². The fourth-order valence-corrected chi connectivity index (χ4v) is 6.87. The Morgan fingerprint density at radius 2 is 1.61 bits per heavy atom. The van der Waals surface area contributed by atoms with Gasteiger partial charge in [-0.15, -0.1) is 0 Å². The van der Waals surface area contributed by atoms with Crippen LogP contribution in [0.1, 0.15) is 29.3 Å². The number of carbonyl (C=O) groups excluding carboxylic acids is 5. The SMILES string of the molecule is CN(C)[C@@H]1C(=O)C(C(N)=O)C(=O)[C@@]2(O)C(=O)C3C(=O)c4c(O)ccc(-c5ccccc5)c4[C@](C)(O)[C@H]3C[C@@H]12. The third kappa shape index (κ3) is 3.20. The zero-order chi connectivity index (χ0) is 27.9. The lowest BCUT2D eigenvalue weighted by molar-refractivity contribution is -0.188. The summed E-state index contributed by atoms with van der Waals surface area (Å²) in [6.45, 7) is 1.42. The zero-order valence-electron chi connectivity index (χ0n) is 21.0. The lowest BCUT2D eigenvalue weighted by atomic mass is 9.49. The molecule has 0 heterocycles. The molecule has 5 rings (SSSR count). The third-order valence-corrected chi connectivity index (χ3v) is 8.57. The highest BCUT2D eigenvalue weighted by Crippen LogP contribution is 2.57. The Balaban J connectivity index is 1.75. The fourth-order valence-electron chi connectivity index (χ4n) is 6.87. The Kier molecular flexibility index (Phi) is 5.72. The number of amides is 1. The van der Waals surface area contributed by atoms with Gasteiger partial charge < -0.3 is 21.1 Å². The number of carbonyl (C=O) groups is 5. The molecule has 3 aliphatic carbocycles. The van der Waals surface area contributed by atoms with Gasteiger partial charge in [0, 0.05) is 17.4 Å². The molecule has 0 radical (unpaired) electrons. The van der Waals surface area contributed by atoms with Crippen molar-refractivity contribution in [3.05, 3.63) is 53.6 Å². The van der Waals surface area contributed by atoms with E-state index in [-0.39, 0.29) is 17.5 Å². The van der Waals surface area contributed by atoms with Crippen LogP contribution < -0.4 is 5.73 Å². The number of ketones is 4. The van der Waals surface area contributed by atoms with Crippen LogP contribution in [0, 0.1) is 23.7 Å². The van der Waals surface area contributed by atoms with E-state index in [0.29, 0.717) is 11.1 Å². The largest absolute Gasteiger partial charge is 0.507 e. The number of phenols is 1. The summed E-state index contributed by atoms with van der Waals surface area (Å²) < 4.78 is 0. The van der Waals surface area contributed by atoms with Crippen LogP contribution in [-0.2, 0) is 24.8 Å². The molecule has 2 unspecified atom stereocenters. The number of likely N-dealkylation sites (N-methyl/N-ethyl adjacent to an activating group) is 1. The summed E-state index contributed by atoms with van der Waals surface area (Å²) in [7, 11) is 3.00. The second kappa shape index (κ2) is 8.39. The average Bonchev–Trinajstić information content (AvgIpc) is 2.84. The van der Waals surface area contributed by atoms with Crippen molar-refractivity contribution in [1.82, 2.24) is 4.90 Å². The maximum Gasteiger partial charge on any atom is 0.235 e. The molecule has 2 aromatic carbocycles. The molecule has 38 heavy (non-hydrogen) atoms. The number of primary amides is 1. The minimum atomic E-state index is -2.86. The van der Waals surface area contributed by atoms with Crippen LogP contribution in [0.2, 0.25) is 0 Å². The number of aliphatic hydroxyl groups is 2. The van der Waals surface area contributed by atoms with Crippen molar-refractivity contribution in [1.29, 1.82) is 0 Å². The summed E-state index contributed by atoms with van der Waals surface area (Å²) >= 11 is 0. The molecule has 0 aromatic heterocycles. The van der Waals surface area contributed by atoms with Crippen molar-refractivity contribution in [2.45, 2.75) is 30.6 Å². The van der Waals surface area contributed by atoms with E-state index in [2.05, 4.69) is 0 Å². The normalized spacial score (nSPS) is 34.5. The van der Waals surface area contributed by atoms with Crippen LogP contribution >= 0.6 is 0 Å². The van der Waals surface area contributed by atoms with E-state index in [0.717, 1.165) is 0 Å². The van der Waals surface area contributed by atoms with E-state index in [9.17, 15) is 39.3 Å². The molecule has 10 heteroatoms. The van der Waals surface area contributed by atoms with E-state index in [1.807, 2.05) is 0 Å². The third-order valence-electron chi connectivity index (χ3n) is 8.57. The molecular formula is C28H28N2O8. The molecule has 10 nitrogen and oxygen atoms in total. The monoisotopic (exact) mass is 520 g/mol. The molecular weight excluding hydrogens is 492 g/mol. The summed E-state index contributed by atoms with van der Waals surface area (Å²) in [4.78, 5) is 68.0. The molecule has 0 aliphatic heterocycles. The highest BCUT2D eigenvalue weighted by Gasteiger charge is 2.71. The van der Waals surface area contributed by atoms with Crippen LogP contribution in [0.3, 0.4) is 0 Å². The first-order chi connectivity index (χ1) is 17.8. The van der Waals surface area contributed by atoms with Crippen molar-refractivity contribution >= 4 is 29.0 Å². The number of fused-ring (bicyclic) bond motifs is 3. The van der Waals surface area contributed by atoms with Gasteiger partial charge in [-0.2, -0.15) is 0 Å². The van der Waals surface area contributed by atoms with Gasteiger partial charge in [0.15, 0.2) is 34.7 Å². The van der Waals surface area contributed by atoms with E-state index in [1.54, 1.807) is 36.4 Å². The Labute approximate surface area is 218 Å². The minimum Gasteiger partial charge on any atom is -0.507 e. The summed E-state index contributed by atoms with van der Waals surface area (Å²) in [6.07, 6.45) is -0.263. The number of rotatable bonds is 3. The van der Waals surface area contributed by atoms with E-state index < -0.39 is 75.7 Å². The quantitative estimate of drug-likeness (QED) is 0.412. The maximum absolute atomic E-state index is 14.0. The molecule has 0 saturated heterocycles. The summed E-state index contributed by atoms with van der Waals surface area (Å²) in [6, 6.07) is 10.5. The highest BCUT2D eigenvalue weighted by atomic mass is 16.3. The second-order valence-electron chi connectivity index (χ2n) is 10.8. The summed E-state index contributed by atoms with van der Waals surface area (Å²) in [5.74, 6) is -12.3. The van der Waals surface area contributed by atoms with E-state index in [1.165, 1.54) is 32.0 Å². The lowest BCUT2D eigenvalue weighted by Crippen LogP contribution is -2.75. The number of phenolic OH excluding ortho intramolecular Hbond substituents is 1. The average molecular weight is 521 g/mol. The number of nitrogens with two attached hydrogens (primary N) is 1. The Morgan fingerprint density at radius 3 is 2.18 bits per heavy atom. The molecule has 2 aromatic rings. The van der Waals surface area contributed by atoms with Gasteiger partial charge in [0.25, 0.3) is 0 Å². The molecule has 7 atom stereocenters. The standard InChI is InChI=1S/C28H28N2O8/c1-27(37)14-11-15-21(30(2)3)23(33)19(26(29)36)25(35)28(15,38)24(34)17(14)22(32)18-16(31)10-9-13(20(18)27)12-7-5-4-6-8-12/h4-10,14-15,17,19,21,31,37-38H,11H2,1-3H3,(H2,29,36)/t14-,15-,17?,19?,21-,27+,28-/m0/s1. The van der Waals surface area contributed by atoms with Crippen LogP contribution in [-0.4, -0.2) is 75.0 Å². The van der Waals surface area contributed by atoms with Gasteiger partial charge >= 0.3 is 0 Å². The van der Waals surface area contributed by atoms with Gasteiger partial charge in [0.1, 0.15) is 5.75 Å². The number of hydrogen-bond donors (Lipinski definition) is 4. The number of hydrogen-bond acceptors (Lipinski definition) is 9. The maximum atomic E-state index is 14.0. The van der Waals surface area contributed by atoms with Crippen molar-refractivity contribution < 1.29 is 39.3 Å². The first-order valence-electron chi connectivity index (χ1n) is 12.2. The number of aromatic hydroxyl groups is 1. The van der Waals surface area contributed by atoms with Crippen LogP contribution in [0.15, 0.2) is 42.5 Å². The van der Waals surface area contributed by atoms with Gasteiger partial charge in [-0.05, 0) is 44.6 Å². The number of Topliss-reactive ketones (excluding diaryl/α,β-unsaturated/α-hetero) is 4. The number of benzene rings is 2. The van der Waals surface area contributed by atoms with Gasteiger partial charge in [-0.25, -0.2) is 0 Å². The predicted octanol–water partition coefficient (Wildman–Crippen LogP) is 0.199. The lowest BCUT2D eigenvalue weighted by Gasteiger charge is -2.55. The highest BCUT2D eigenvalue weighted by molar-refractivity contribution is 6.32. The molecule has 0 bridgehead atoms. The van der Waals surface area contributed by atoms with Gasteiger partial charge in [-0.3, -0.25) is 28.9 Å². The van der Waals surface area contributed by atoms with Crippen LogP contribution in [0.5, 0.6) is 5.75 Å².